The van der Waals surface area contributed by atoms with Crippen LogP contribution in [-0.2, 0) is 13.2 Å². The summed E-state index contributed by atoms with van der Waals surface area (Å²) < 4.78 is 20.9. The lowest BCUT2D eigenvalue weighted by Gasteiger charge is -2.14. The first-order chi connectivity index (χ1) is 9.61. The Hall–Kier alpha value is -1.88. The molecule has 20 heavy (non-hydrogen) atoms. The Labute approximate surface area is 117 Å². The number of hydrogen-bond donors (Lipinski definition) is 1. The summed E-state index contributed by atoms with van der Waals surface area (Å²) in [5, 5.41) is 9.67. The average molecular weight is 278 g/mol. The van der Waals surface area contributed by atoms with Crippen LogP contribution >= 0.6 is 0 Å². The molecule has 0 radical (unpaired) electrons. The van der Waals surface area contributed by atoms with Crippen LogP contribution in [-0.4, -0.2) is 14.7 Å². The summed E-state index contributed by atoms with van der Waals surface area (Å²) in [5.41, 5.74) is 1.50. The number of nitrogens with zero attached hydrogens (tertiary/aromatic N) is 2. The average Bonchev–Trinajstić information content (AvgIpc) is 2.84. The fourth-order valence-electron chi connectivity index (χ4n) is 2.04. The van der Waals surface area contributed by atoms with Crippen LogP contribution in [0, 0.1) is 5.82 Å². The Kier molecular flexibility index (Phi) is 4.74. The van der Waals surface area contributed by atoms with Gasteiger partial charge in [0.15, 0.2) is 0 Å². The number of rotatable bonds is 6. The number of aliphatic hydroxyl groups is 1. The van der Waals surface area contributed by atoms with E-state index in [1.54, 1.807) is 25.5 Å². The van der Waals surface area contributed by atoms with Gasteiger partial charge in [-0.25, -0.2) is 9.37 Å². The molecule has 0 bridgehead atoms. The molecular formula is C15H19FN2O2. The zero-order valence-corrected chi connectivity index (χ0v) is 11.7. The van der Waals surface area contributed by atoms with Crippen LogP contribution < -0.4 is 4.74 Å². The van der Waals surface area contributed by atoms with Crippen LogP contribution in [0.2, 0.25) is 0 Å². The molecule has 0 saturated heterocycles. The van der Waals surface area contributed by atoms with Gasteiger partial charge in [0, 0.05) is 18.2 Å². The molecule has 1 aromatic heterocycles. The van der Waals surface area contributed by atoms with Crippen molar-refractivity contribution >= 4 is 0 Å². The monoisotopic (exact) mass is 278 g/mol. The smallest absolute Gasteiger partial charge is 0.130 e. The summed E-state index contributed by atoms with van der Waals surface area (Å²) in [6.07, 6.45) is 3.79. The lowest BCUT2D eigenvalue weighted by molar-refractivity contribution is 0.189. The van der Waals surface area contributed by atoms with E-state index >= 15 is 0 Å². The van der Waals surface area contributed by atoms with E-state index in [-0.39, 0.29) is 5.82 Å². The Balaban J connectivity index is 2.14. The Morgan fingerprint density at radius 3 is 2.95 bits per heavy atom. The van der Waals surface area contributed by atoms with E-state index in [0.717, 1.165) is 18.7 Å². The van der Waals surface area contributed by atoms with Gasteiger partial charge in [-0.2, -0.15) is 0 Å². The third-order valence-corrected chi connectivity index (χ3v) is 3.06. The highest BCUT2D eigenvalue weighted by atomic mass is 19.1. The minimum Gasteiger partial charge on any atom is -0.487 e. The van der Waals surface area contributed by atoms with Gasteiger partial charge in [0.2, 0.25) is 0 Å². The SMILES string of the molecule is CCCn1cncc1COc1cc(F)ccc1[C@H](C)O. The van der Waals surface area contributed by atoms with E-state index < -0.39 is 6.10 Å². The van der Waals surface area contributed by atoms with Crippen molar-refractivity contribution in [2.45, 2.75) is 39.5 Å². The van der Waals surface area contributed by atoms with Crippen molar-refractivity contribution in [3.63, 3.8) is 0 Å². The maximum Gasteiger partial charge on any atom is 0.130 e. The minimum absolute atomic E-state index is 0.295. The molecule has 1 aromatic carbocycles. The molecule has 0 unspecified atom stereocenters. The zero-order valence-electron chi connectivity index (χ0n) is 11.7. The van der Waals surface area contributed by atoms with Crippen molar-refractivity contribution < 1.29 is 14.2 Å². The fourth-order valence-corrected chi connectivity index (χ4v) is 2.04. The van der Waals surface area contributed by atoms with E-state index in [1.807, 2.05) is 4.57 Å². The summed E-state index contributed by atoms with van der Waals surface area (Å²) in [6, 6.07) is 4.15. The predicted molar refractivity (Wildman–Crippen MR) is 73.9 cm³/mol. The second-order valence-corrected chi connectivity index (χ2v) is 4.73. The van der Waals surface area contributed by atoms with E-state index in [1.165, 1.54) is 12.1 Å². The molecule has 0 amide bonds. The van der Waals surface area contributed by atoms with Gasteiger partial charge in [0.25, 0.3) is 0 Å². The molecule has 5 heteroatoms. The molecule has 4 nitrogen and oxygen atoms in total. The predicted octanol–water partition coefficient (Wildman–Crippen LogP) is 3.06. The molecule has 0 aliphatic carbocycles. The van der Waals surface area contributed by atoms with Gasteiger partial charge in [-0.3, -0.25) is 0 Å². The van der Waals surface area contributed by atoms with Crippen molar-refractivity contribution in [1.82, 2.24) is 9.55 Å². The van der Waals surface area contributed by atoms with Gasteiger partial charge in [-0.15, -0.1) is 0 Å². The van der Waals surface area contributed by atoms with Gasteiger partial charge in [0.1, 0.15) is 18.2 Å². The Morgan fingerprint density at radius 2 is 2.25 bits per heavy atom. The van der Waals surface area contributed by atoms with E-state index in [0.29, 0.717) is 17.9 Å². The number of imidazole rings is 1. The van der Waals surface area contributed by atoms with Crippen molar-refractivity contribution in [3.05, 3.63) is 47.8 Å². The first-order valence-electron chi connectivity index (χ1n) is 6.71. The normalized spacial score (nSPS) is 12.4. The number of hydrogen-bond acceptors (Lipinski definition) is 3. The van der Waals surface area contributed by atoms with Crippen molar-refractivity contribution in [1.29, 1.82) is 0 Å². The molecule has 1 N–H and O–H groups in total. The molecular weight excluding hydrogens is 259 g/mol. The van der Waals surface area contributed by atoms with Gasteiger partial charge in [0.05, 0.1) is 24.3 Å². The van der Waals surface area contributed by atoms with Gasteiger partial charge in [-0.05, 0) is 25.5 Å². The summed E-state index contributed by atoms with van der Waals surface area (Å²) in [6.45, 7) is 4.87. The maximum atomic E-state index is 13.3. The molecule has 1 atom stereocenters. The molecule has 0 aliphatic rings. The largest absolute Gasteiger partial charge is 0.487 e. The standard InChI is InChI=1S/C15H19FN2O2/c1-3-6-18-10-17-8-13(18)9-20-15-7-12(16)4-5-14(15)11(2)19/h4-5,7-8,10-11,19H,3,6,9H2,1-2H3/t11-/m0/s1. The summed E-state index contributed by atoms with van der Waals surface area (Å²) in [7, 11) is 0. The Morgan fingerprint density at radius 1 is 1.45 bits per heavy atom. The quantitative estimate of drug-likeness (QED) is 0.883. The first-order valence-corrected chi connectivity index (χ1v) is 6.71. The molecule has 2 rings (SSSR count). The number of aromatic nitrogens is 2. The first kappa shape index (κ1) is 14.5. The number of aliphatic hydroxyl groups excluding tert-OH is 1. The molecule has 0 aliphatic heterocycles. The van der Waals surface area contributed by atoms with Crippen LogP contribution in [0.3, 0.4) is 0 Å². The highest BCUT2D eigenvalue weighted by molar-refractivity contribution is 5.35. The summed E-state index contributed by atoms with van der Waals surface area (Å²) in [4.78, 5) is 4.09. The lowest BCUT2D eigenvalue weighted by atomic mass is 10.1. The van der Waals surface area contributed by atoms with Crippen molar-refractivity contribution in [2.75, 3.05) is 0 Å². The second-order valence-electron chi connectivity index (χ2n) is 4.73. The van der Waals surface area contributed by atoms with Crippen LogP contribution in [0.1, 0.15) is 37.6 Å². The third-order valence-electron chi connectivity index (χ3n) is 3.06. The van der Waals surface area contributed by atoms with Crippen LogP contribution in [0.5, 0.6) is 5.75 Å². The third kappa shape index (κ3) is 3.36. The van der Waals surface area contributed by atoms with E-state index in [4.69, 9.17) is 4.74 Å². The van der Waals surface area contributed by atoms with E-state index in [2.05, 4.69) is 11.9 Å². The molecule has 108 valence electrons. The van der Waals surface area contributed by atoms with Gasteiger partial charge in [-0.1, -0.05) is 6.92 Å². The minimum atomic E-state index is -0.703. The van der Waals surface area contributed by atoms with Crippen molar-refractivity contribution in [2.24, 2.45) is 0 Å². The van der Waals surface area contributed by atoms with Crippen molar-refractivity contribution in [3.8, 4) is 5.75 Å². The molecule has 2 aromatic rings. The number of benzene rings is 1. The van der Waals surface area contributed by atoms with Gasteiger partial charge >= 0.3 is 0 Å². The number of ether oxygens (including phenoxy) is 1. The topological polar surface area (TPSA) is 47.3 Å². The van der Waals surface area contributed by atoms with Gasteiger partial charge < -0.3 is 14.4 Å². The maximum absolute atomic E-state index is 13.3. The summed E-state index contributed by atoms with van der Waals surface area (Å²) >= 11 is 0. The highest BCUT2D eigenvalue weighted by Gasteiger charge is 2.11. The van der Waals surface area contributed by atoms with Crippen LogP contribution in [0.4, 0.5) is 4.39 Å². The highest BCUT2D eigenvalue weighted by Crippen LogP contribution is 2.26. The van der Waals surface area contributed by atoms with Crippen LogP contribution in [0.25, 0.3) is 0 Å². The Bertz CT molecular complexity index is 567. The molecule has 1 heterocycles. The van der Waals surface area contributed by atoms with Crippen LogP contribution in [0.15, 0.2) is 30.7 Å². The molecule has 0 fully saturated rings. The summed E-state index contributed by atoms with van der Waals surface area (Å²) in [5.74, 6) is -0.0179. The molecule has 0 saturated carbocycles. The fraction of sp³-hybridized carbons (Fsp3) is 0.400. The second kappa shape index (κ2) is 6.52. The molecule has 0 spiro atoms. The zero-order chi connectivity index (χ0) is 14.5. The van der Waals surface area contributed by atoms with E-state index in [9.17, 15) is 9.50 Å². The number of halogens is 1. The number of aryl methyl sites for hydroxylation is 1. The lowest BCUT2D eigenvalue weighted by Crippen LogP contribution is -2.07.